The molecule has 2 aromatic carbocycles. The van der Waals surface area contributed by atoms with Crippen LogP contribution in [0.25, 0.3) is 0 Å². The first-order chi connectivity index (χ1) is 18.1. The first-order valence-electron chi connectivity index (χ1n) is 12.2. The number of methoxy groups -OCH3 is 2. The molecule has 0 N–H and O–H groups in total. The molecule has 202 valence electrons. The zero-order valence-corrected chi connectivity index (χ0v) is 23.1. The molecule has 1 heterocycles. The summed E-state index contributed by atoms with van der Waals surface area (Å²) in [5.74, 6) is 0.614. The smallest absolute Gasteiger partial charge is 0.270 e. The van der Waals surface area contributed by atoms with E-state index in [1.165, 1.54) is 29.2 Å². The Morgan fingerprint density at radius 1 is 1.03 bits per heavy atom. The van der Waals surface area contributed by atoms with Crippen molar-refractivity contribution in [3.63, 3.8) is 0 Å². The van der Waals surface area contributed by atoms with Gasteiger partial charge < -0.3 is 19.3 Å². The van der Waals surface area contributed by atoms with Crippen LogP contribution in [0.4, 0.5) is 5.69 Å². The molecule has 0 atom stereocenters. The van der Waals surface area contributed by atoms with Gasteiger partial charge in [0.1, 0.15) is 6.54 Å². The highest BCUT2D eigenvalue weighted by Gasteiger charge is 2.26. The summed E-state index contributed by atoms with van der Waals surface area (Å²) in [6.07, 6.45) is 0.580. The molecule has 9 nitrogen and oxygen atoms in total. The number of hydrogen-bond donors (Lipinski definition) is 0. The molecule has 0 aliphatic heterocycles. The number of non-ortho nitro benzene ring substituents is 1. The Labute approximate surface area is 226 Å². The van der Waals surface area contributed by atoms with Crippen LogP contribution < -0.4 is 9.47 Å². The van der Waals surface area contributed by atoms with Gasteiger partial charge in [-0.25, -0.2) is 0 Å². The second kappa shape index (κ2) is 13.0. The lowest BCUT2D eigenvalue weighted by atomic mass is 10.1. The van der Waals surface area contributed by atoms with Gasteiger partial charge in [0.05, 0.1) is 25.7 Å². The van der Waals surface area contributed by atoms with Gasteiger partial charge in [0, 0.05) is 40.0 Å². The molecule has 0 fully saturated rings. The van der Waals surface area contributed by atoms with Gasteiger partial charge in [0.25, 0.3) is 11.6 Å². The maximum atomic E-state index is 13.6. The van der Waals surface area contributed by atoms with Crippen LogP contribution in [-0.2, 0) is 17.8 Å². The van der Waals surface area contributed by atoms with Gasteiger partial charge >= 0.3 is 0 Å². The summed E-state index contributed by atoms with van der Waals surface area (Å²) in [5.41, 5.74) is 0.984. The van der Waals surface area contributed by atoms with Crippen molar-refractivity contribution in [2.24, 2.45) is 0 Å². The molecule has 0 spiro atoms. The molecule has 1 aromatic heterocycles. The summed E-state index contributed by atoms with van der Waals surface area (Å²) < 4.78 is 10.7. The number of carbonyl (C=O) groups excluding carboxylic acids is 2. The van der Waals surface area contributed by atoms with Crippen LogP contribution in [-0.4, -0.2) is 59.9 Å². The van der Waals surface area contributed by atoms with Crippen LogP contribution in [0.3, 0.4) is 0 Å². The topological polar surface area (TPSA) is 102 Å². The van der Waals surface area contributed by atoms with E-state index in [0.29, 0.717) is 31.0 Å². The fourth-order valence-electron chi connectivity index (χ4n) is 4.00. The molecule has 0 aliphatic rings. The third-order valence-corrected chi connectivity index (χ3v) is 7.09. The average molecular weight is 540 g/mol. The number of nitro benzene ring substituents is 1. The molecule has 0 saturated carbocycles. The lowest BCUT2D eigenvalue weighted by Crippen LogP contribution is -2.46. The van der Waals surface area contributed by atoms with Crippen molar-refractivity contribution in [1.29, 1.82) is 0 Å². The van der Waals surface area contributed by atoms with Crippen LogP contribution >= 0.6 is 11.3 Å². The van der Waals surface area contributed by atoms with Gasteiger partial charge in [-0.2, -0.15) is 0 Å². The number of hydrogen-bond acceptors (Lipinski definition) is 7. The van der Waals surface area contributed by atoms with E-state index in [0.717, 1.165) is 15.3 Å². The van der Waals surface area contributed by atoms with Crippen molar-refractivity contribution in [2.45, 2.75) is 39.8 Å². The monoisotopic (exact) mass is 539 g/mol. The zero-order valence-electron chi connectivity index (χ0n) is 22.3. The van der Waals surface area contributed by atoms with Crippen LogP contribution in [0.2, 0.25) is 0 Å². The normalized spacial score (nSPS) is 10.8. The van der Waals surface area contributed by atoms with Gasteiger partial charge in [0.15, 0.2) is 11.5 Å². The summed E-state index contributed by atoms with van der Waals surface area (Å²) in [6, 6.07) is 15.0. The maximum absolute atomic E-state index is 13.6. The second-order valence-corrected chi connectivity index (χ2v) is 10.5. The van der Waals surface area contributed by atoms with Gasteiger partial charge in [-0.3, -0.25) is 19.7 Å². The Hall–Kier alpha value is -3.92. The van der Waals surface area contributed by atoms with Crippen LogP contribution in [0.15, 0.2) is 54.6 Å². The number of carbonyl (C=O) groups is 2. The Bertz CT molecular complexity index is 1290. The molecule has 0 aliphatic carbocycles. The summed E-state index contributed by atoms with van der Waals surface area (Å²) in [6.45, 7) is 6.36. The Balaban J connectivity index is 1.81. The fourth-order valence-corrected chi connectivity index (χ4v) is 4.91. The predicted molar refractivity (Wildman–Crippen MR) is 147 cm³/mol. The van der Waals surface area contributed by atoms with E-state index >= 15 is 0 Å². The van der Waals surface area contributed by atoms with Crippen molar-refractivity contribution < 1.29 is 24.0 Å². The number of nitrogens with zero attached hydrogens (tertiary/aromatic N) is 3. The fraction of sp³-hybridized carbons (Fsp3) is 0.357. The first-order valence-corrected chi connectivity index (χ1v) is 13.0. The van der Waals surface area contributed by atoms with Crippen molar-refractivity contribution >= 4 is 28.8 Å². The lowest BCUT2D eigenvalue weighted by Gasteiger charge is -2.30. The van der Waals surface area contributed by atoms with E-state index in [-0.39, 0.29) is 29.7 Å². The first kappa shape index (κ1) is 28.6. The highest BCUT2D eigenvalue weighted by Crippen LogP contribution is 2.28. The molecule has 0 bridgehead atoms. The van der Waals surface area contributed by atoms with Crippen molar-refractivity contribution in [3.8, 4) is 11.5 Å². The molecule has 38 heavy (non-hydrogen) atoms. The van der Waals surface area contributed by atoms with E-state index in [9.17, 15) is 19.7 Å². The summed E-state index contributed by atoms with van der Waals surface area (Å²) in [7, 11) is 3.16. The van der Waals surface area contributed by atoms with Crippen LogP contribution in [0.5, 0.6) is 11.5 Å². The molecule has 0 saturated heterocycles. The number of nitro groups is 1. The molecule has 2 amide bonds. The Kier molecular flexibility index (Phi) is 9.84. The number of aryl methyl sites for hydroxylation is 1. The highest BCUT2D eigenvalue weighted by molar-refractivity contribution is 7.11. The molecule has 0 unspecified atom stereocenters. The lowest BCUT2D eigenvalue weighted by molar-refractivity contribution is -0.384. The zero-order chi connectivity index (χ0) is 27.8. The summed E-state index contributed by atoms with van der Waals surface area (Å²) in [4.78, 5) is 43.0. The predicted octanol–water partition coefficient (Wildman–Crippen LogP) is 5.10. The van der Waals surface area contributed by atoms with E-state index in [4.69, 9.17) is 9.47 Å². The second-order valence-electron chi connectivity index (χ2n) is 9.10. The average Bonchev–Trinajstić information content (AvgIpc) is 3.33. The number of benzene rings is 2. The quantitative estimate of drug-likeness (QED) is 0.234. The molecular weight excluding hydrogens is 506 g/mol. The van der Waals surface area contributed by atoms with Crippen LogP contribution in [0, 0.1) is 17.0 Å². The minimum Gasteiger partial charge on any atom is -0.493 e. The van der Waals surface area contributed by atoms with E-state index in [1.54, 1.807) is 30.5 Å². The van der Waals surface area contributed by atoms with Gasteiger partial charge in [-0.05, 0) is 63.1 Å². The maximum Gasteiger partial charge on any atom is 0.270 e. The van der Waals surface area contributed by atoms with Crippen molar-refractivity contribution in [2.75, 3.05) is 27.3 Å². The van der Waals surface area contributed by atoms with Gasteiger partial charge in [-0.15, -0.1) is 11.3 Å². The largest absolute Gasteiger partial charge is 0.493 e. The number of amides is 2. The molecular formula is C28H33N3O6S. The van der Waals surface area contributed by atoms with E-state index in [1.807, 2.05) is 51.1 Å². The highest BCUT2D eigenvalue weighted by atomic mass is 32.1. The summed E-state index contributed by atoms with van der Waals surface area (Å²) >= 11 is 1.62. The summed E-state index contributed by atoms with van der Waals surface area (Å²) in [5, 5.41) is 11.2. The standard InChI is InChI=1S/C28H33N3O6S/c1-19(2)30(28(33)22-7-6-8-23(16-22)31(34)35)18-27(32)29(17-24-11-9-20(3)38-24)14-13-21-10-12-25(36-4)26(15-21)37-5/h6-12,15-16,19H,13-14,17-18H2,1-5H3. The Morgan fingerprint density at radius 3 is 2.37 bits per heavy atom. The number of ether oxygens (including phenoxy) is 2. The number of rotatable bonds is 12. The number of thiophene rings is 1. The minimum absolute atomic E-state index is 0.143. The van der Waals surface area contributed by atoms with Crippen molar-refractivity contribution in [1.82, 2.24) is 9.80 Å². The minimum atomic E-state index is -0.541. The molecule has 10 heteroatoms. The molecule has 0 radical (unpaired) electrons. The third kappa shape index (κ3) is 7.32. The SMILES string of the molecule is COc1ccc(CCN(Cc2ccc(C)s2)C(=O)CN(C(=O)c2cccc([N+](=O)[O-])c2)C(C)C)cc1OC. The van der Waals surface area contributed by atoms with Gasteiger partial charge in [0.2, 0.25) is 5.91 Å². The molecule has 3 aromatic rings. The van der Waals surface area contributed by atoms with Crippen molar-refractivity contribution in [3.05, 3.63) is 85.6 Å². The van der Waals surface area contributed by atoms with Crippen LogP contribution in [0.1, 0.15) is 39.5 Å². The van der Waals surface area contributed by atoms with Gasteiger partial charge in [-0.1, -0.05) is 12.1 Å². The Morgan fingerprint density at radius 2 is 1.76 bits per heavy atom. The third-order valence-electron chi connectivity index (χ3n) is 6.11. The van der Waals surface area contributed by atoms with E-state index < -0.39 is 10.8 Å². The molecule has 3 rings (SSSR count). The van der Waals surface area contributed by atoms with E-state index in [2.05, 4.69) is 0 Å².